The van der Waals surface area contributed by atoms with Crippen molar-refractivity contribution < 1.29 is 9.13 Å². The van der Waals surface area contributed by atoms with Crippen molar-refractivity contribution in [3.05, 3.63) is 64.4 Å². The smallest absolute Gasteiger partial charge is 0.148 e. The van der Waals surface area contributed by atoms with Crippen LogP contribution in [0.2, 0.25) is 5.02 Å². The van der Waals surface area contributed by atoms with Gasteiger partial charge in [-0.25, -0.2) is 4.39 Å². The second-order valence-corrected chi connectivity index (χ2v) is 4.22. The van der Waals surface area contributed by atoms with Crippen LogP contribution < -0.4 is 10.5 Å². The molecule has 0 radical (unpaired) electrons. The molecule has 2 rings (SSSR count). The molecule has 2 nitrogen and oxygen atoms in total. The fraction of sp³-hybridized carbons (Fsp3) is 0.143. The Morgan fingerprint density at radius 3 is 2.56 bits per heavy atom. The average Bonchev–Trinajstić information content (AvgIpc) is 2.41. The van der Waals surface area contributed by atoms with Crippen LogP contribution in [-0.2, 0) is 13.2 Å². The van der Waals surface area contributed by atoms with Crippen molar-refractivity contribution in [3.63, 3.8) is 0 Å². The van der Waals surface area contributed by atoms with Gasteiger partial charge in [0.15, 0.2) is 0 Å². The number of benzene rings is 2. The molecular formula is C14H13ClFNO. The maximum Gasteiger partial charge on any atom is 0.148 e. The van der Waals surface area contributed by atoms with E-state index in [9.17, 15) is 4.39 Å². The highest BCUT2D eigenvalue weighted by Crippen LogP contribution is 2.22. The highest BCUT2D eigenvalue weighted by molar-refractivity contribution is 6.30. The van der Waals surface area contributed by atoms with Crippen LogP contribution in [-0.4, -0.2) is 0 Å². The summed E-state index contributed by atoms with van der Waals surface area (Å²) in [5.74, 6) is 0.226. The van der Waals surface area contributed by atoms with Gasteiger partial charge in [0.05, 0.1) is 5.02 Å². The van der Waals surface area contributed by atoms with E-state index in [0.717, 1.165) is 5.56 Å². The van der Waals surface area contributed by atoms with Gasteiger partial charge in [-0.2, -0.15) is 0 Å². The lowest BCUT2D eigenvalue weighted by Crippen LogP contribution is -2.03. The van der Waals surface area contributed by atoms with Crippen molar-refractivity contribution in [1.29, 1.82) is 0 Å². The fourth-order valence-electron chi connectivity index (χ4n) is 1.63. The molecule has 0 spiro atoms. The molecule has 0 aliphatic carbocycles. The quantitative estimate of drug-likeness (QED) is 0.918. The van der Waals surface area contributed by atoms with Gasteiger partial charge in [-0.1, -0.05) is 41.9 Å². The van der Waals surface area contributed by atoms with E-state index in [2.05, 4.69) is 0 Å². The lowest BCUT2D eigenvalue weighted by molar-refractivity contribution is 0.297. The van der Waals surface area contributed by atoms with E-state index < -0.39 is 5.82 Å². The minimum absolute atomic E-state index is 0.100. The van der Waals surface area contributed by atoms with Gasteiger partial charge in [0.25, 0.3) is 0 Å². The molecule has 0 unspecified atom stereocenters. The maximum atomic E-state index is 13.7. The molecule has 0 saturated heterocycles. The molecule has 2 aromatic rings. The van der Waals surface area contributed by atoms with Crippen molar-refractivity contribution in [2.75, 3.05) is 0 Å². The summed E-state index contributed by atoms with van der Waals surface area (Å²) in [6, 6.07) is 12.3. The maximum absolute atomic E-state index is 13.7. The van der Waals surface area contributed by atoms with E-state index in [1.165, 1.54) is 6.07 Å². The summed E-state index contributed by atoms with van der Waals surface area (Å²) in [5, 5.41) is 0.100. The zero-order chi connectivity index (χ0) is 13.0. The molecule has 94 valence electrons. The summed E-state index contributed by atoms with van der Waals surface area (Å²) >= 11 is 5.70. The van der Waals surface area contributed by atoms with Crippen molar-refractivity contribution in [2.45, 2.75) is 13.2 Å². The summed E-state index contributed by atoms with van der Waals surface area (Å²) < 4.78 is 19.2. The lowest BCUT2D eigenvalue weighted by Gasteiger charge is -2.11. The Bertz CT molecular complexity index is 545. The van der Waals surface area contributed by atoms with Gasteiger partial charge in [0.2, 0.25) is 0 Å². The molecule has 0 saturated carbocycles. The first kappa shape index (κ1) is 12.9. The van der Waals surface area contributed by atoms with Gasteiger partial charge in [-0.05, 0) is 12.1 Å². The zero-order valence-electron chi connectivity index (χ0n) is 9.70. The second kappa shape index (κ2) is 5.85. The van der Waals surface area contributed by atoms with E-state index in [1.54, 1.807) is 12.1 Å². The number of rotatable bonds is 4. The molecule has 0 aliphatic heterocycles. The van der Waals surface area contributed by atoms with Crippen LogP contribution in [0.4, 0.5) is 4.39 Å². The predicted octanol–water partition coefficient (Wildman–Crippen LogP) is 3.52. The van der Waals surface area contributed by atoms with Crippen LogP contribution in [0.3, 0.4) is 0 Å². The van der Waals surface area contributed by atoms with E-state index in [0.29, 0.717) is 17.9 Å². The van der Waals surface area contributed by atoms with E-state index in [4.69, 9.17) is 22.1 Å². The Hall–Kier alpha value is -1.58. The number of hydrogen-bond acceptors (Lipinski definition) is 2. The predicted molar refractivity (Wildman–Crippen MR) is 70.1 cm³/mol. The summed E-state index contributed by atoms with van der Waals surface area (Å²) in [4.78, 5) is 0. The molecule has 0 amide bonds. The van der Waals surface area contributed by atoms with Gasteiger partial charge < -0.3 is 10.5 Å². The first-order valence-electron chi connectivity index (χ1n) is 5.56. The first-order valence-corrected chi connectivity index (χ1v) is 5.94. The molecule has 18 heavy (non-hydrogen) atoms. The van der Waals surface area contributed by atoms with E-state index in [1.807, 2.05) is 24.3 Å². The highest BCUT2D eigenvalue weighted by Gasteiger charge is 2.07. The molecule has 0 aromatic heterocycles. The van der Waals surface area contributed by atoms with Crippen LogP contribution in [0.25, 0.3) is 0 Å². The van der Waals surface area contributed by atoms with Gasteiger partial charge in [0, 0.05) is 17.7 Å². The van der Waals surface area contributed by atoms with Crippen LogP contribution in [0.15, 0.2) is 42.5 Å². The largest absolute Gasteiger partial charge is 0.488 e. The molecule has 4 heteroatoms. The zero-order valence-corrected chi connectivity index (χ0v) is 10.5. The van der Waals surface area contributed by atoms with Gasteiger partial charge in [-0.3, -0.25) is 0 Å². The Labute approximate surface area is 110 Å². The molecule has 2 N–H and O–H groups in total. The van der Waals surface area contributed by atoms with Gasteiger partial charge in [-0.15, -0.1) is 0 Å². The number of nitrogens with two attached hydrogens (primary N) is 1. The van der Waals surface area contributed by atoms with Crippen LogP contribution >= 0.6 is 11.6 Å². The third kappa shape index (κ3) is 2.81. The Kier molecular flexibility index (Phi) is 4.18. The lowest BCUT2D eigenvalue weighted by atomic mass is 10.2. The minimum atomic E-state index is -0.440. The SMILES string of the molecule is NCc1ccccc1OCc1cccc(Cl)c1F. The standard InChI is InChI=1S/C14H13ClFNO/c15-12-6-3-5-11(14(12)16)9-18-13-7-2-1-4-10(13)8-17/h1-7H,8-9,17H2. The minimum Gasteiger partial charge on any atom is -0.488 e. The molecule has 0 fully saturated rings. The highest BCUT2D eigenvalue weighted by atomic mass is 35.5. The molecule has 0 heterocycles. The van der Waals surface area contributed by atoms with E-state index >= 15 is 0 Å². The molecule has 0 aliphatic rings. The van der Waals surface area contributed by atoms with Gasteiger partial charge >= 0.3 is 0 Å². The van der Waals surface area contributed by atoms with E-state index in [-0.39, 0.29) is 11.6 Å². The Morgan fingerprint density at radius 1 is 1.06 bits per heavy atom. The average molecular weight is 266 g/mol. The van der Waals surface area contributed by atoms with Crippen LogP contribution in [0, 0.1) is 5.82 Å². The molecule has 2 aromatic carbocycles. The van der Waals surface area contributed by atoms with Crippen LogP contribution in [0.1, 0.15) is 11.1 Å². The van der Waals surface area contributed by atoms with Crippen molar-refractivity contribution in [2.24, 2.45) is 5.73 Å². The molecule has 0 atom stereocenters. The summed E-state index contributed by atoms with van der Waals surface area (Å²) in [7, 11) is 0. The van der Waals surface area contributed by atoms with Crippen molar-refractivity contribution in [1.82, 2.24) is 0 Å². The van der Waals surface area contributed by atoms with Gasteiger partial charge in [0.1, 0.15) is 18.2 Å². The monoisotopic (exact) mass is 265 g/mol. The number of halogens is 2. The topological polar surface area (TPSA) is 35.2 Å². The third-order valence-electron chi connectivity index (χ3n) is 2.61. The molecule has 0 bridgehead atoms. The normalized spacial score (nSPS) is 10.4. The summed E-state index contributed by atoms with van der Waals surface area (Å²) in [6.45, 7) is 0.512. The summed E-state index contributed by atoms with van der Waals surface area (Å²) in [5.41, 5.74) is 6.91. The summed E-state index contributed by atoms with van der Waals surface area (Å²) in [6.07, 6.45) is 0. The second-order valence-electron chi connectivity index (χ2n) is 3.81. The van der Waals surface area contributed by atoms with Crippen LogP contribution in [0.5, 0.6) is 5.75 Å². The molecular weight excluding hydrogens is 253 g/mol. The van der Waals surface area contributed by atoms with Crippen molar-refractivity contribution >= 4 is 11.6 Å². The number of ether oxygens (including phenoxy) is 1. The number of hydrogen-bond donors (Lipinski definition) is 1. The fourth-order valence-corrected chi connectivity index (χ4v) is 1.82. The van der Waals surface area contributed by atoms with Crippen molar-refractivity contribution in [3.8, 4) is 5.75 Å². The number of para-hydroxylation sites is 1. The Morgan fingerprint density at radius 2 is 1.78 bits per heavy atom. The Balaban J connectivity index is 2.14. The third-order valence-corrected chi connectivity index (χ3v) is 2.90. The first-order chi connectivity index (χ1) is 8.72.